The second-order valence-electron chi connectivity index (χ2n) is 7.16. The van der Waals surface area contributed by atoms with Crippen LogP contribution >= 0.6 is 11.6 Å². The summed E-state index contributed by atoms with van der Waals surface area (Å²) in [5.41, 5.74) is 4.36. The Kier molecular flexibility index (Phi) is 6.40. The van der Waals surface area contributed by atoms with E-state index in [0.717, 1.165) is 54.6 Å². The minimum atomic E-state index is 0.0931. The van der Waals surface area contributed by atoms with Crippen LogP contribution in [0.25, 0.3) is 0 Å². The Balaban J connectivity index is 1.69. The van der Waals surface area contributed by atoms with Gasteiger partial charge in [-0.3, -0.25) is 4.79 Å². The molecule has 5 heteroatoms. The van der Waals surface area contributed by atoms with E-state index in [1.165, 1.54) is 16.2 Å². The van der Waals surface area contributed by atoms with Crippen LogP contribution in [-0.2, 0) is 6.54 Å². The van der Waals surface area contributed by atoms with Crippen molar-refractivity contribution in [2.75, 3.05) is 37.7 Å². The van der Waals surface area contributed by atoms with Crippen molar-refractivity contribution >= 4 is 23.1 Å². The van der Waals surface area contributed by atoms with E-state index in [1.807, 2.05) is 31.2 Å². The summed E-state index contributed by atoms with van der Waals surface area (Å²) in [7, 11) is 0. The molecule has 1 fully saturated rings. The molecule has 1 heterocycles. The van der Waals surface area contributed by atoms with Gasteiger partial charge in [0.2, 0.25) is 0 Å². The number of piperazine rings is 1. The highest BCUT2D eigenvalue weighted by Crippen LogP contribution is 2.24. The quantitative estimate of drug-likeness (QED) is 0.773. The highest BCUT2D eigenvalue weighted by molar-refractivity contribution is 6.30. The highest BCUT2D eigenvalue weighted by atomic mass is 35.5. The SMILES string of the molecule is CCOc1ccc(C(C)=O)cc1C[NH+]1CCN(c2cc(Cl)ccc2C)CC1. The van der Waals surface area contributed by atoms with Gasteiger partial charge >= 0.3 is 0 Å². The molecule has 1 aliphatic rings. The van der Waals surface area contributed by atoms with Gasteiger partial charge in [0.25, 0.3) is 0 Å². The smallest absolute Gasteiger partial charge is 0.159 e. The molecule has 2 aromatic carbocycles. The summed E-state index contributed by atoms with van der Waals surface area (Å²) in [6.45, 7) is 11.3. The fourth-order valence-corrected chi connectivity index (χ4v) is 3.83. The van der Waals surface area contributed by atoms with Crippen LogP contribution in [0, 0.1) is 6.92 Å². The molecule has 1 saturated heterocycles. The van der Waals surface area contributed by atoms with Crippen LogP contribution in [0.2, 0.25) is 5.02 Å². The number of nitrogens with one attached hydrogen (secondary N) is 1. The molecule has 1 aliphatic heterocycles. The number of hydrogen-bond donors (Lipinski definition) is 1. The van der Waals surface area contributed by atoms with Gasteiger partial charge in [0.05, 0.1) is 32.8 Å². The Morgan fingerprint density at radius 3 is 2.59 bits per heavy atom. The van der Waals surface area contributed by atoms with Gasteiger partial charge in [-0.25, -0.2) is 0 Å². The van der Waals surface area contributed by atoms with Crippen molar-refractivity contribution in [1.82, 2.24) is 0 Å². The number of anilines is 1. The summed E-state index contributed by atoms with van der Waals surface area (Å²) in [6.07, 6.45) is 0. The number of rotatable bonds is 6. The zero-order chi connectivity index (χ0) is 19.4. The van der Waals surface area contributed by atoms with Gasteiger partial charge in [-0.1, -0.05) is 17.7 Å². The van der Waals surface area contributed by atoms with Crippen molar-refractivity contribution in [3.8, 4) is 5.75 Å². The van der Waals surface area contributed by atoms with Crippen LogP contribution in [0.3, 0.4) is 0 Å². The number of aryl methyl sites for hydroxylation is 1. The minimum Gasteiger partial charge on any atom is -0.493 e. The molecule has 0 aliphatic carbocycles. The topological polar surface area (TPSA) is 34.0 Å². The molecule has 3 rings (SSSR count). The first-order valence-corrected chi connectivity index (χ1v) is 9.97. The second-order valence-corrected chi connectivity index (χ2v) is 7.59. The van der Waals surface area contributed by atoms with Gasteiger partial charge in [-0.2, -0.15) is 0 Å². The molecule has 0 atom stereocenters. The number of benzene rings is 2. The zero-order valence-corrected chi connectivity index (χ0v) is 17.1. The summed E-state index contributed by atoms with van der Waals surface area (Å²) in [5.74, 6) is 0.985. The predicted octanol–water partition coefficient (Wildman–Crippen LogP) is 3.15. The van der Waals surface area contributed by atoms with E-state index in [0.29, 0.717) is 6.61 Å². The molecule has 0 aromatic heterocycles. The lowest BCUT2D eigenvalue weighted by Gasteiger charge is -2.34. The van der Waals surface area contributed by atoms with E-state index in [9.17, 15) is 4.79 Å². The summed E-state index contributed by atoms with van der Waals surface area (Å²) in [5, 5.41) is 0.785. The first kappa shape index (κ1) is 19.7. The van der Waals surface area contributed by atoms with Crippen molar-refractivity contribution in [3.63, 3.8) is 0 Å². The van der Waals surface area contributed by atoms with Crippen LogP contribution in [0.5, 0.6) is 5.75 Å². The average Bonchev–Trinajstić information content (AvgIpc) is 2.66. The second kappa shape index (κ2) is 8.77. The van der Waals surface area contributed by atoms with Crippen LogP contribution in [0.4, 0.5) is 5.69 Å². The molecular weight excluding hydrogens is 360 g/mol. The fraction of sp³-hybridized carbons (Fsp3) is 0.409. The number of carbonyl (C=O) groups is 1. The van der Waals surface area contributed by atoms with Crippen LogP contribution in [0.1, 0.15) is 35.3 Å². The Bertz CT molecular complexity index is 814. The lowest BCUT2D eigenvalue weighted by Crippen LogP contribution is -3.13. The van der Waals surface area contributed by atoms with E-state index in [-0.39, 0.29) is 5.78 Å². The number of ether oxygens (including phenoxy) is 1. The Morgan fingerprint density at radius 1 is 1.19 bits per heavy atom. The van der Waals surface area contributed by atoms with E-state index in [4.69, 9.17) is 16.3 Å². The summed E-state index contributed by atoms with van der Waals surface area (Å²) >= 11 is 6.19. The van der Waals surface area contributed by atoms with E-state index < -0.39 is 0 Å². The largest absolute Gasteiger partial charge is 0.493 e. The van der Waals surface area contributed by atoms with Crippen molar-refractivity contribution in [2.24, 2.45) is 0 Å². The van der Waals surface area contributed by atoms with E-state index in [2.05, 4.69) is 24.0 Å². The van der Waals surface area contributed by atoms with Crippen molar-refractivity contribution in [1.29, 1.82) is 0 Å². The lowest BCUT2D eigenvalue weighted by atomic mass is 10.1. The third kappa shape index (κ3) is 4.82. The number of hydrogen-bond acceptors (Lipinski definition) is 3. The van der Waals surface area contributed by atoms with Crippen molar-refractivity contribution in [3.05, 3.63) is 58.1 Å². The molecule has 27 heavy (non-hydrogen) atoms. The fourth-order valence-electron chi connectivity index (χ4n) is 3.67. The van der Waals surface area contributed by atoms with Gasteiger partial charge in [0, 0.05) is 21.8 Å². The summed E-state index contributed by atoms with van der Waals surface area (Å²) in [6, 6.07) is 11.9. The number of nitrogens with zero attached hydrogens (tertiary/aromatic N) is 1. The molecule has 0 spiro atoms. The normalized spacial score (nSPS) is 15.0. The van der Waals surface area contributed by atoms with Gasteiger partial charge in [0.1, 0.15) is 12.3 Å². The zero-order valence-electron chi connectivity index (χ0n) is 16.3. The number of carbonyl (C=O) groups excluding carboxylic acids is 1. The standard InChI is InChI=1S/C22H27ClN2O2/c1-4-27-22-8-6-18(17(3)26)13-19(22)15-24-9-11-25(12-10-24)21-14-20(23)7-5-16(21)2/h5-8,13-14H,4,9-12,15H2,1-3H3/p+1. The first-order chi connectivity index (χ1) is 13.0. The monoisotopic (exact) mass is 387 g/mol. The minimum absolute atomic E-state index is 0.0931. The molecule has 1 N–H and O–H groups in total. The number of Topliss-reactive ketones (excluding diaryl/α,β-unsaturated/α-hetero) is 1. The molecule has 0 amide bonds. The lowest BCUT2D eigenvalue weighted by molar-refractivity contribution is -0.914. The van der Waals surface area contributed by atoms with E-state index >= 15 is 0 Å². The third-order valence-electron chi connectivity index (χ3n) is 5.19. The van der Waals surface area contributed by atoms with Gasteiger partial charge in [-0.05, 0) is 56.7 Å². The van der Waals surface area contributed by atoms with Crippen molar-refractivity contribution < 1.29 is 14.4 Å². The molecule has 2 aromatic rings. The summed E-state index contributed by atoms with van der Waals surface area (Å²) < 4.78 is 5.78. The average molecular weight is 388 g/mol. The predicted molar refractivity (Wildman–Crippen MR) is 110 cm³/mol. The van der Waals surface area contributed by atoms with Gasteiger partial charge in [-0.15, -0.1) is 0 Å². The molecular formula is C22H28ClN2O2+. The van der Waals surface area contributed by atoms with Gasteiger partial charge in [0.15, 0.2) is 5.78 Å². The highest BCUT2D eigenvalue weighted by Gasteiger charge is 2.23. The third-order valence-corrected chi connectivity index (χ3v) is 5.42. The summed E-state index contributed by atoms with van der Waals surface area (Å²) in [4.78, 5) is 15.7. The Morgan fingerprint density at radius 2 is 1.93 bits per heavy atom. The molecule has 144 valence electrons. The maximum Gasteiger partial charge on any atom is 0.159 e. The van der Waals surface area contributed by atoms with Gasteiger partial charge < -0.3 is 14.5 Å². The van der Waals surface area contributed by atoms with Crippen LogP contribution < -0.4 is 14.5 Å². The maximum atomic E-state index is 11.8. The Hall–Kier alpha value is -2.04. The molecule has 0 radical (unpaired) electrons. The maximum absolute atomic E-state index is 11.8. The molecule has 4 nitrogen and oxygen atoms in total. The number of quaternary nitrogens is 1. The van der Waals surface area contributed by atoms with E-state index in [1.54, 1.807) is 6.92 Å². The first-order valence-electron chi connectivity index (χ1n) is 9.59. The number of halogens is 1. The molecule has 0 bridgehead atoms. The van der Waals surface area contributed by atoms with Crippen LogP contribution in [-0.4, -0.2) is 38.6 Å². The van der Waals surface area contributed by atoms with Crippen LogP contribution in [0.15, 0.2) is 36.4 Å². The molecule has 0 saturated carbocycles. The Labute approximate surface area is 166 Å². The van der Waals surface area contributed by atoms with Crippen molar-refractivity contribution in [2.45, 2.75) is 27.3 Å². The number of ketones is 1. The molecule has 0 unspecified atom stereocenters.